The SMILES string of the molecule is COc1ccc(C(C)NC(=O)CN2CSCC2=O)cc1F. The van der Waals surface area contributed by atoms with Crippen LogP contribution < -0.4 is 10.1 Å². The maximum atomic E-state index is 13.6. The lowest BCUT2D eigenvalue weighted by Gasteiger charge is -2.18. The third kappa shape index (κ3) is 3.87. The molecule has 1 atom stereocenters. The van der Waals surface area contributed by atoms with Gasteiger partial charge in [-0.2, -0.15) is 0 Å². The van der Waals surface area contributed by atoms with Gasteiger partial charge in [-0.05, 0) is 24.6 Å². The second-order valence-corrected chi connectivity index (χ2v) is 5.71. The minimum atomic E-state index is -0.470. The van der Waals surface area contributed by atoms with Crippen LogP contribution >= 0.6 is 11.8 Å². The van der Waals surface area contributed by atoms with Crippen molar-refractivity contribution in [3.63, 3.8) is 0 Å². The van der Waals surface area contributed by atoms with E-state index in [0.29, 0.717) is 17.2 Å². The average Bonchev–Trinajstić information content (AvgIpc) is 2.84. The number of nitrogens with zero attached hydrogens (tertiary/aromatic N) is 1. The summed E-state index contributed by atoms with van der Waals surface area (Å²) in [4.78, 5) is 24.8. The molecule has 0 saturated carbocycles. The predicted octanol–water partition coefficient (Wildman–Crippen LogP) is 1.54. The number of carbonyl (C=O) groups is 2. The quantitative estimate of drug-likeness (QED) is 0.896. The summed E-state index contributed by atoms with van der Waals surface area (Å²) in [6.45, 7) is 1.80. The zero-order valence-electron chi connectivity index (χ0n) is 11.9. The lowest BCUT2D eigenvalue weighted by molar-refractivity contribution is -0.132. The molecule has 2 amide bonds. The molecule has 7 heteroatoms. The molecule has 0 aromatic heterocycles. The number of halogens is 1. The minimum absolute atomic E-state index is 0.0294. The van der Waals surface area contributed by atoms with Crippen LogP contribution in [0, 0.1) is 5.82 Å². The topological polar surface area (TPSA) is 58.6 Å². The van der Waals surface area contributed by atoms with Crippen LogP contribution in [0.5, 0.6) is 5.75 Å². The normalized spacial score (nSPS) is 16.0. The fraction of sp³-hybridized carbons (Fsp3) is 0.429. The summed E-state index contributed by atoms with van der Waals surface area (Å²) in [5.74, 6) is 0.372. The van der Waals surface area contributed by atoms with E-state index in [4.69, 9.17) is 4.74 Å². The number of methoxy groups -OCH3 is 1. The first-order valence-electron chi connectivity index (χ1n) is 6.49. The van der Waals surface area contributed by atoms with E-state index in [9.17, 15) is 14.0 Å². The Labute approximate surface area is 126 Å². The first-order valence-corrected chi connectivity index (χ1v) is 7.65. The Morgan fingerprint density at radius 3 is 2.90 bits per heavy atom. The van der Waals surface area contributed by atoms with Gasteiger partial charge in [0, 0.05) is 0 Å². The molecule has 0 radical (unpaired) electrons. The highest BCUT2D eigenvalue weighted by molar-refractivity contribution is 8.00. The van der Waals surface area contributed by atoms with Gasteiger partial charge in [0.1, 0.15) is 6.54 Å². The standard InChI is InChI=1S/C14H17FN2O3S/c1-9(10-3-4-12(20-2)11(15)5-10)16-13(18)6-17-8-21-7-14(17)19/h3-5,9H,6-8H2,1-2H3,(H,16,18). The van der Waals surface area contributed by atoms with Gasteiger partial charge >= 0.3 is 0 Å². The number of thioether (sulfide) groups is 1. The lowest BCUT2D eigenvalue weighted by atomic mass is 10.1. The van der Waals surface area contributed by atoms with Crippen LogP contribution in [0.1, 0.15) is 18.5 Å². The van der Waals surface area contributed by atoms with E-state index in [1.165, 1.54) is 35.9 Å². The van der Waals surface area contributed by atoms with Crippen molar-refractivity contribution >= 4 is 23.6 Å². The third-order valence-corrected chi connectivity index (χ3v) is 4.16. The highest BCUT2D eigenvalue weighted by Crippen LogP contribution is 2.21. The average molecular weight is 312 g/mol. The molecule has 21 heavy (non-hydrogen) atoms. The molecular weight excluding hydrogens is 295 g/mol. The molecule has 114 valence electrons. The van der Waals surface area contributed by atoms with Crippen LogP contribution in [0.2, 0.25) is 0 Å². The van der Waals surface area contributed by atoms with Crippen molar-refractivity contribution in [1.29, 1.82) is 0 Å². The molecule has 1 fully saturated rings. The van der Waals surface area contributed by atoms with Gasteiger partial charge in [0.05, 0.1) is 24.8 Å². The van der Waals surface area contributed by atoms with Crippen molar-refractivity contribution < 1.29 is 18.7 Å². The monoisotopic (exact) mass is 312 g/mol. The molecule has 0 aliphatic carbocycles. The van der Waals surface area contributed by atoms with Gasteiger partial charge in [0.15, 0.2) is 11.6 Å². The van der Waals surface area contributed by atoms with Crippen molar-refractivity contribution in [2.75, 3.05) is 25.3 Å². The number of nitrogens with one attached hydrogen (secondary N) is 1. The zero-order chi connectivity index (χ0) is 15.4. The van der Waals surface area contributed by atoms with Gasteiger partial charge in [-0.15, -0.1) is 11.8 Å². The van der Waals surface area contributed by atoms with Crippen LogP contribution in [-0.2, 0) is 9.59 Å². The number of amides is 2. The molecule has 1 aliphatic rings. The first kappa shape index (κ1) is 15.6. The van der Waals surface area contributed by atoms with Crippen LogP contribution in [0.15, 0.2) is 18.2 Å². The molecule has 1 aromatic carbocycles. The summed E-state index contributed by atoms with van der Waals surface area (Å²) >= 11 is 1.49. The van der Waals surface area contributed by atoms with Crippen LogP contribution in [0.3, 0.4) is 0 Å². The summed E-state index contributed by atoms with van der Waals surface area (Å²) in [5.41, 5.74) is 0.642. The van der Waals surface area contributed by atoms with E-state index >= 15 is 0 Å². The number of carbonyl (C=O) groups excluding carboxylic acids is 2. The number of benzene rings is 1. The van der Waals surface area contributed by atoms with E-state index < -0.39 is 5.82 Å². The number of hydrogen-bond acceptors (Lipinski definition) is 4. The molecule has 0 bridgehead atoms. The smallest absolute Gasteiger partial charge is 0.240 e. The highest BCUT2D eigenvalue weighted by Gasteiger charge is 2.23. The number of ether oxygens (including phenoxy) is 1. The van der Waals surface area contributed by atoms with Crippen molar-refractivity contribution in [3.05, 3.63) is 29.6 Å². The second kappa shape index (κ2) is 6.80. The highest BCUT2D eigenvalue weighted by atomic mass is 32.2. The summed E-state index contributed by atoms with van der Waals surface area (Å²) < 4.78 is 18.5. The van der Waals surface area contributed by atoms with Crippen LogP contribution in [0.4, 0.5) is 4.39 Å². The molecule has 1 heterocycles. The molecule has 1 N–H and O–H groups in total. The van der Waals surface area contributed by atoms with Crippen LogP contribution in [-0.4, -0.2) is 42.0 Å². The Hall–Kier alpha value is -1.76. The fourth-order valence-corrected chi connectivity index (χ4v) is 2.94. The lowest BCUT2D eigenvalue weighted by Crippen LogP contribution is -2.39. The molecular formula is C14H17FN2O3S. The first-order chi connectivity index (χ1) is 10.0. The number of rotatable bonds is 5. The van der Waals surface area contributed by atoms with Gasteiger partial charge in [-0.25, -0.2) is 4.39 Å². The summed E-state index contributed by atoms with van der Waals surface area (Å²) in [6.07, 6.45) is 0. The molecule has 1 aliphatic heterocycles. The van der Waals surface area contributed by atoms with E-state index in [2.05, 4.69) is 5.32 Å². The van der Waals surface area contributed by atoms with Gasteiger partial charge < -0.3 is 15.0 Å². The Kier molecular flexibility index (Phi) is 5.06. The van der Waals surface area contributed by atoms with Crippen molar-refractivity contribution in [2.45, 2.75) is 13.0 Å². The van der Waals surface area contributed by atoms with Crippen molar-refractivity contribution in [3.8, 4) is 5.75 Å². The zero-order valence-corrected chi connectivity index (χ0v) is 12.7. The molecule has 1 aromatic rings. The van der Waals surface area contributed by atoms with Gasteiger partial charge in [-0.3, -0.25) is 9.59 Å². The van der Waals surface area contributed by atoms with E-state index in [1.54, 1.807) is 13.0 Å². The summed E-state index contributed by atoms with van der Waals surface area (Å²) in [6, 6.07) is 4.21. The molecule has 0 spiro atoms. The maximum absolute atomic E-state index is 13.6. The van der Waals surface area contributed by atoms with E-state index in [1.807, 2.05) is 0 Å². The maximum Gasteiger partial charge on any atom is 0.240 e. The molecule has 1 saturated heterocycles. The Balaban J connectivity index is 1.94. The Bertz CT molecular complexity index is 553. The van der Waals surface area contributed by atoms with Crippen molar-refractivity contribution in [2.24, 2.45) is 0 Å². The van der Waals surface area contributed by atoms with Gasteiger partial charge in [0.25, 0.3) is 0 Å². The van der Waals surface area contributed by atoms with E-state index in [0.717, 1.165) is 0 Å². The Morgan fingerprint density at radius 1 is 1.57 bits per heavy atom. The second-order valence-electron chi connectivity index (χ2n) is 4.75. The number of hydrogen-bond donors (Lipinski definition) is 1. The molecule has 2 rings (SSSR count). The predicted molar refractivity (Wildman–Crippen MR) is 78.5 cm³/mol. The summed E-state index contributed by atoms with van der Waals surface area (Å²) in [5, 5.41) is 2.76. The van der Waals surface area contributed by atoms with Crippen LogP contribution in [0.25, 0.3) is 0 Å². The summed E-state index contributed by atoms with van der Waals surface area (Å²) in [7, 11) is 1.40. The minimum Gasteiger partial charge on any atom is -0.494 e. The third-order valence-electron chi connectivity index (χ3n) is 3.21. The molecule has 1 unspecified atom stereocenters. The van der Waals surface area contributed by atoms with Crippen molar-refractivity contribution in [1.82, 2.24) is 10.2 Å². The van der Waals surface area contributed by atoms with Gasteiger partial charge in [-0.1, -0.05) is 6.07 Å². The van der Waals surface area contributed by atoms with Gasteiger partial charge in [0.2, 0.25) is 11.8 Å². The fourth-order valence-electron chi connectivity index (χ4n) is 2.04. The molecule has 5 nitrogen and oxygen atoms in total. The van der Waals surface area contributed by atoms with E-state index in [-0.39, 0.29) is 30.2 Å². The largest absolute Gasteiger partial charge is 0.494 e. The Morgan fingerprint density at radius 2 is 2.33 bits per heavy atom.